The molecule has 1 rings (SSSR count). The SMILES string of the molecule is CCC(N)C1CCC1C. The molecule has 0 heterocycles. The second kappa shape index (κ2) is 2.70. The summed E-state index contributed by atoms with van der Waals surface area (Å²) < 4.78 is 0. The highest BCUT2D eigenvalue weighted by molar-refractivity contribution is 4.84. The monoisotopic (exact) mass is 127 g/mol. The van der Waals surface area contributed by atoms with E-state index in [2.05, 4.69) is 13.8 Å². The van der Waals surface area contributed by atoms with E-state index >= 15 is 0 Å². The third-order valence-electron chi connectivity index (χ3n) is 2.71. The molecule has 1 heteroatoms. The molecule has 0 radical (unpaired) electrons. The Hall–Kier alpha value is -0.0400. The minimum absolute atomic E-state index is 0.480. The summed E-state index contributed by atoms with van der Waals surface area (Å²) in [4.78, 5) is 0. The first-order chi connectivity index (χ1) is 4.25. The molecule has 1 fully saturated rings. The van der Waals surface area contributed by atoms with Crippen LogP contribution in [0.2, 0.25) is 0 Å². The summed E-state index contributed by atoms with van der Waals surface area (Å²) in [6, 6.07) is 0.480. The van der Waals surface area contributed by atoms with Crippen LogP contribution in [0.5, 0.6) is 0 Å². The topological polar surface area (TPSA) is 26.0 Å². The molecule has 3 atom stereocenters. The van der Waals surface area contributed by atoms with E-state index in [-0.39, 0.29) is 0 Å². The predicted molar refractivity (Wildman–Crippen MR) is 40.2 cm³/mol. The van der Waals surface area contributed by atoms with Crippen molar-refractivity contribution in [1.29, 1.82) is 0 Å². The molecular weight excluding hydrogens is 110 g/mol. The maximum absolute atomic E-state index is 5.87. The standard InChI is InChI=1S/C8H17N/c1-3-8(9)7-5-4-6(7)2/h6-8H,3-5,9H2,1-2H3. The minimum Gasteiger partial charge on any atom is -0.327 e. The van der Waals surface area contributed by atoms with Crippen molar-refractivity contribution in [2.75, 3.05) is 0 Å². The van der Waals surface area contributed by atoms with Crippen molar-refractivity contribution in [2.45, 2.75) is 39.2 Å². The van der Waals surface area contributed by atoms with E-state index in [0.717, 1.165) is 18.3 Å². The summed E-state index contributed by atoms with van der Waals surface area (Å²) in [5.41, 5.74) is 5.87. The Kier molecular flexibility index (Phi) is 2.12. The molecule has 1 nitrogen and oxygen atoms in total. The fraction of sp³-hybridized carbons (Fsp3) is 1.00. The van der Waals surface area contributed by atoms with Gasteiger partial charge in [-0.25, -0.2) is 0 Å². The maximum atomic E-state index is 5.87. The van der Waals surface area contributed by atoms with Crippen LogP contribution in [0.15, 0.2) is 0 Å². The molecule has 0 aromatic carbocycles. The molecule has 3 unspecified atom stereocenters. The van der Waals surface area contributed by atoms with Crippen LogP contribution >= 0.6 is 0 Å². The van der Waals surface area contributed by atoms with Gasteiger partial charge in [0.25, 0.3) is 0 Å². The lowest BCUT2D eigenvalue weighted by Gasteiger charge is -2.37. The fourth-order valence-electron chi connectivity index (χ4n) is 1.63. The van der Waals surface area contributed by atoms with Crippen LogP contribution in [0.1, 0.15) is 33.1 Å². The Morgan fingerprint density at radius 2 is 2.22 bits per heavy atom. The zero-order valence-corrected chi connectivity index (χ0v) is 6.43. The van der Waals surface area contributed by atoms with Crippen molar-refractivity contribution < 1.29 is 0 Å². The highest BCUT2D eigenvalue weighted by Crippen LogP contribution is 2.36. The molecule has 0 aromatic heterocycles. The Morgan fingerprint density at radius 1 is 1.56 bits per heavy atom. The summed E-state index contributed by atoms with van der Waals surface area (Å²) in [7, 11) is 0. The van der Waals surface area contributed by atoms with Crippen molar-refractivity contribution in [2.24, 2.45) is 17.6 Å². The second-order valence-corrected chi connectivity index (χ2v) is 3.29. The molecule has 54 valence electrons. The van der Waals surface area contributed by atoms with Gasteiger partial charge in [0, 0.05) is 6.04 Å². The Morgan fingerprint density at radius 3 is 2.33 bits per heavy atom. The number of hydrogen-bond donors (Lipinski definition) is 1. The first kappa shape index (κ1) is 7.07. The van der Waals surface area contributed by atoms with Crippen molar-refractivity contribution in [3.8, 4) is 0 Å². The van der Waals surface area contributed by atoms with Crippen LogP contribution in [0.3, 0.4) is 0 Å². The number of rotatable bonds is 2. The van der Waals surface area contributed by atoms with Crippen molar-refractivity contribution in [3.05, 3.63) is 0 Å². The lowest BCUT2D eigenvalue weighted by Crippen LogP contribution is -2.39. The van der Waals surface area contributed by atoms with Gasteiger partial charge in [-0.2, -0.15) is 0 Å². The van der Waals surface area contributed by atoms with Gasteiger partial charge in [-0.05, 0) is 24.7 Å². The highest BCUT2D eigenvalue weighted by Gasteiger charge is 2.30. The fourth-order valence-corrected chi connectivity index (χ4v) is 1.63. The molecule has 9 heavy (non-hydrogen) atoms. The largest absolute Gasteiger partial charge is 0.327 e. The zero-order chi connectivity index (χ0) is 6.85. The van der Waals surface area contributed by atoms with E-state index in [9.17, 15) is 0 Å². The van der Waals surface area contributed by atoms with Gasteiger partial charge in [-0.15, -0.1) is 0 Å². The summed E-state index contributed by atoms with van der Waals surface area (Å²) in [6.07, 6.45) is 3.92. The number of hydrogen-bond acceptors (Lipinski definition) is 1. The van der Waals surface area contributed by atoms with Crippen molar-refractivity contribution in [1.82, 2.24) is 0 Å². The minimum atomic E-state index is 0.480. The molecule has 0 saturated heterocycles. The molecule has 2 N–H and O–H groups in total. The van der Waals surface area contributed by atoms with E-state index in [4.69, 9.17) is 5.73 Å². The predicted octanol–water partition coefficient (Wildman–Crippen LogP) is 1.77. The highest BCUT2D eigenvalue weighted by atomic mass is 14.7. The molecule has 1 aliphatic rings. The molecule has 0 bridgehead atoms. The quantitative estimate of drug-likeness (QED) is 0.601. The average molecular weight is 127 g/mol. The molecular formula is C8H17N. The third kappa shape index (κ3) is 1.26. The zero-order valence-electron chi connectivity index (χ0n) is 6.43. The molecule has 0 aromatic rings. The lowest BCUT2D eigenvalue weighted by atomic mass is 9.70. The van der Waals surface area contributed by atoms with Gasteiger partial charge >= 0.3 is 0 Å². The summed E-state index contributed by atoms with van der Waals surface area (Å²) >= 11 is 0. The summed E-state index contributed by atoms with van der Waals surface area (Å²) in [6.45, 7) is 4.49. The van der Waals surface area contributed by atoms with E-state index in [1.165, 1.54) is 12.8 Å². The van der Waals surface area contributed by atoms with Crippen LogP contribution in [0.4, 0.5) is 0 Å². The van der Waals surface area contributed by atoms with E-state index in [1.54, 1.807) is 0 Å². The molecule has 1 saturated carbocycles. The van der Waals surface area contributed by atoms with Crippen LogP contribution in [0.25, 0.3) is 0 Å². The molecule has 0 aliphatic heterocycles. The van der Waals surface area contributed by atoms with Crippen LogP contribution in [0, 0.1) is 11.8 Å². The van der Waals surface area contributed by atoms with Crippen LogP contribution < -0.4 is 5.73 Å². The Bertz CT molecular complexity index is 90.6. The third-order valence-corrected chi connectivity index (χ3v) is 2.71. The summed E-state index contributed by atoms with van der Waals surface area (Å²) in [5, 5.41) is 0. The van der Waals surface area contributed by atoms with E-state index < -0.39 is 0 Å². The first-order valence-electron chi connectivity index (χ1n) is 4.01. The maximum Gasteiger partial charge on any atom is 0.00670 e. The lowest BCUT2D eigenvalue weighted by molar-refractivity contribution is 0.158. The normalized spacial score (nSPS) is 37.7. The van der Waals surface area contributed by atoms with Gasteiger partial charge in [0.2, 0.25) is 0 Å². The second-order valence-electron chi connectivity index (χ2n) is 3.29. The van der Waals surface area contributed by atoms with Gasteiger partial charge < -0.3 is 5.73 Å². The molecule has 1 aliphatic carbocycles. The van der Waals surface area contributed by atoms with E-state index in [0.29, 0.717) is 6.04 Å². The number of nitrogens with two attached hydrogens (primary N) is 1. The molecule has 0 amide bonds. The van der Waals surface area contributed by atoms with Crippen molar-refractivity contribution in [3.63, 3.8) is 0 Å². The first-order valence-corrected chi connectivity index (χ1v) is 4.01. The Labute approximate surface area is 57.6 Å². The Balaban J connectivity index is 2.25. The smallest absolute Gasteiger partial charge is 0.00670 e. The van der Waals surface area contributed by atoms with Gasteiger partial charge in [0.05, 0.1) is 0 Å². The van der Waals surface area contributed by atoms with Gasteiger partial charge in [-0.1, -0.05) is 20.3 Å². The average Bonchev–Trinajstić information content (AvgIpc) is 1.84. The van der Waals surface area contributed by atoms with Crippen LogP contribution in [-0.4, -0.2) is 6.04 Å². The van der Waals surface area contributed by atoms with Gasteiger partial charge in [0.15, 0.2) is 0 Å². The van der Waals surface area contributed by atoms with Gasteiger partial charge in [-0.3, -0.25) is 0 Å². The summed E-state index contributed by atoms with van der Waals surface area (Å²) in [5.74, 6) is 1.75. The van der Waals surface area contributed by atoms with Gasteiger partial charge in [0.1, 0.15) is 0 Å². The van der Waals surface area contributed by atoms with Crippen LogP contribution in [-0.2, 0) is 0 Å². The van der Waals surface area contributed by atoms with E-state index in [1.807, 2.05) is 0 Å². The molecule has 0 spiro atoms. The van der Waals surface area contributed by atoms with Crippen molar-refractivity contribution >= 4 is 0 Å².